The maximum absolute atomic E-state index is 5.72. The highest BCUT2D eigenvalue weighted by Crippen LogP contribution is 2.31. The molecule has 17 heavy (non-hydrogen) atoms. The lowest BCUT2D eigenvalue weighted by molar-refractivity contribution is -0.190. The van der Waals surface area contributed by atoms with E-state index in [1.54, 1.807) is 7.11 Å². The number of benzene rings is 1. The first-order valence-corrected chi connectivity index (χ1v) is 5.90. The standard InChI is InChI=1S/C13H19NO3/c1-3-9-4-5-12(15-2)11(6-9)13-16-7-10(14)8-17-13/h4-6,10,13H,3,7-8,14H2,1-2H3. The zero-order chi connectivity index (χ0) is 12.3. The molecular formula is C13H19NO3. The molecule has 2 N–H and O–H groups in total. The molecule has 0 aromatic heterocycles. The van der Waals surface area contributed by atoms with Gasteiger partial charge in [0.05, 0.1) is 26.4 Å². The average molecular weight is 237 g/mol. The number of rotatable bonds is 3. The van der Waals surface area contributed by atoms with Crippen LogP contribution in [0.25, 0.3) is 0 Å². The third-order valence-corrected chi connectivity index (χ3v) is 2.88. The summed E-state index contributed by atoms with van der Waals surface area (Å²) in [6.45, 7) is 3.15. The smallest absolute Gasteiger partial charge is 0.187 e. The van der Waals surface area contributed by atoms with Gasteiger partial charge in [0, 0.05) is 5.56 Å². The van der Waals surface area contributed by atoms with Crippen molar-refractivity contribution in [2.45, 2.75) is 25.7 Å². The average Bonchev–Trinajstić information content (AvgIpc) is 2.39. The van der Waals surface area contributed by atoms with Crippen LogP contribution in [0.1, 0.15) is 24.3 Å². The Morgan fingerprint density at radius 1 is 1.35 bits per heavy atom. The van der Waals surface area contributed by atoms with E-state index in [-0.39, 0.29) is 12.3 Å². The van der Waals surface area contributed by atoms with Gasteiger partial charge in [-0.25, -0.2) is 0 Å². The largest absolute Gasteiger partial charge is 0.496 e. The highest BCUT2D eigenvalue weighted by atomic mass is 16.7. The minimum absolute atomic E-state index is 0.0356. The molecule has 1 fully saturated rings. The Bertz CT molecular complexity index is 373. The van der Waals surface area contributed by atoms with Gasteiger partial charge in [-0.2, -0.15) is 0 Å². The highest BCUT2D eigenvalue weighted by molar-refractivity contribution is 5.38. The fourth-order valence-corrected chi connectivity index (χ4v) is 1.89. The van der Waals surface area contributed by atoms with E-state index in [0.29, 0.717) is 13.2 Å². The van der Waals surface area contributed by atoms with Crippen LogP contribution >= 0.6 is 0 Å². The Morgan fingerprint density at radius 2 is 2.06 bits per heavy atom. The summed E-state index contributed by atoms with van der Waals surface area (Å²) in [5.74, 6) is 0.794. The normalized spacial score (nSPS) is 24.6. The fraction of sp³-hybridized carbons (Fsp3) is 0.538. The molecule has 0 unspecified atom stereocenters. The topological polar surface area (TPSA) is 53.7 Å². The minimum Gasteiger partial charge on any atom is -0.496 e. The summed E-state index contributed by atoms with van der Waals surface area (Å²) in [5, 5.41) is 0. The fourth-order valence-electron chi connectivity index (χ4n) is 1.89. The maximum Gasteiger partial charge on any atom is 0.187 e. The van der Waals surface area contributed by atoms with Crippen LogP contribution in [0.4, 0.5) is 0 Å². The Kier molecular flexibility index (Phi) is 3.99. The van der Waals surface area contributed by atoms with Gasteiger partial charge in [-0.15, -0.1) is 0 Å². The molecule has 2 rings (SSSR count). The van der Waals surface area contributed by atoms with Gasteiger partial charge in [0.25, 0.3) is 0 Å². The second kappa shape index (κ2) is 5.49. The Hall–Kier alpha value is -1.10. The van der Waals surface area contributed by atoms with E-state index in [1.807, 2.05) is 6.07 Å². The molecule has 1 aliphatic heterocycles. The zero-order valence-electron chi connectivity index (χ0n) is 10.3. The first-order valence-electron chi connectivity index (χ1n) is 5.90. The third kappa shape index (κ3) is 2.77. The van der Waals surface area contributed by atoms with E-state index in [1.165, 1.54) is 5.56 Å². The number of hydrogen-bond donors (Lipinski definition) is 1. The first kappa shape index (κ1) is 12.4. The zero-order valence-corrected chi connectivity index (χ0v) is 10.3. The molecule has 1 aromatic carbocycles. The third-order valence-electron chi connectivity index (χ3n) is 2.88. The summed E-state index contributed by atoms with van der Waals surface area (Å²) in [6, 6.07) is 6.04. The van der Waals surface area contributed by atoms with E-state index in [4.69, 9.17) is 19.9 Å². The number of hydrogen-bond acceptors (Lipinski definition) is 4. The van der Waals surface area contributed by atoms with Crippen LogP contribution in [0.15, 0.2) is 18.2 Å². The highest BCUT2D eigenvalue weighted by Gasteiger charge is 2.24. The van der Waals surface area contributed by atoms with Crippen LogP contribution in [-0.2, 0) is 15.9 Å². The molecule has 4 heteroatoms. The van der Waals surface area contributed by atoms with Gasteiger partial charge in [0.1, 0.15) is 5.75 Å². The van der Waals surface area contributed by atoms with Crippen molar-refractivity contribution in [1.82, 2.24) is 0 Å². The van der Waals surface area contributed by atoms with Crippen molar-refractivity contribution >= 4 is 0 Å². The Labute approximate surface area is 102 Å². The second-order valence-electron chi connectivity index (χ2n) is 4.19. The van der Waals surface area contributed by atoms with E-state index in [2.05, 4.69) is 19.1 Å². The van der Waals surface area contributed by atoms with Crippen LogP contribution in [0, 0.1) is 0 Å². The summed E-state index contributed by atoms with van der Waals surface area (Å²) < 4.78 is 16.5. The molecule has 1 aliphatic rings. The molecule has 0 aliphatic carbocycles. The van der Waals surface area contributed by atoms with Gasteiger partial charge in [0.2, 0.25) is 0 Å². The van der Waals surface area contributed by atoms with Crippen LogP contribution in [0.3, 0.4) is 0 Å². The van der Waals surface area contributed by atoms with Crippen molar-refractivity contribution in [1.29, 1.82) is 0 Å². The lowest BCUT2D eigenvalue weighted by Gasteiger charge is -2.28. The van der Waals surface area contributed by atoms with E-state index < -0.39 is 0 Å². The van der Waals surface area contributed by atoms with Crippen LogP contribution < -0.4 is 10.5 Å². The minimum atomic E-state index is -0.365. The van der Waals surface area contributed by atoms with Gasteiger partial charge in [-0.1, -0.05) is 13.0 Å². The van der Waals surface area contributed by atoms with Gasteiger partial charge >= 0.3 is 0 Å². The number of aryl methyl sites for hydroxylation is 1. The lowest BCUT2D eigenvalue weighted by Crippen LogP contribution is -2.38. The molecule has 1 heterocycles. The SMILES string of the molecule is CCc1ccc(OC)c(C2OCC(N)CO2)c1. The molecule has 0 bridgehead atoms. The molecule has 94 valence electrons. The first-order chi connectivity index (χ1) is 8.24. The van der Waals surface area contributed by atoms with E-state index in [9.17, 15) is 0 Å². The van der Waals surface area contributed by atoms with Gasteiger partial charge in [-0.05, 0) is 24.1 Å². The lowest BCUT2D eigenvalue weighted by atomic mass is 10.1. The molecule has 0 atom stereocenters. The quantitative estimate of drug-likeness (QED) is 0.868. The Balaban J connectivity index is 2.23. The molecule has 1 aromatic rings. The molecule has 4 nitrogen and oxygen atoms in total. The Morgan fingerprint density at radius 3 is 2.65 bits per heavy atom. The van der Waals surface area contributed by atoms with Crippen molar-refractivity contribution in [2.24, 2.45) is 5.73 Å². The predicted molar refractivity (Wildman–Crippen MR) is 65.0 cm³/mol. The molecule has 0 spiro atoms. The van der Waals surface area contributed by atoms with Gasteiger partial charge < -0.3 is 19.9 Å². The molecule has 1 saturated heterocycles. The number of ether oxygens (including phenoxy) is 3. The molecular weight excluding hydrogens is 218 g/mol. The number of methoxy groups -OCH3 is 1. The van der Waals surface area contributed by atoms with Crippen LogP contribution in [0.2, 0.25) is 0 Å². The monoisotopic (exact) mass is 237 g/mol. The summed E-state index contributed by atoms with van der Waals surface area (Å²) in [6.07, 6.45) is 0.611. The molecule has 0 radical (unpaired) electrons. The van der Waals surface area contributed by atoms with Crippen LogP contribution in [0.5, 0.6) is 5.75 Å². The number of nitrogens with two attached hydrogens (primary N) is 1. The van der Waals surface area contributed by atoms with Crippen molar-refractivity contribution in [2.75, 3.05) is 20.3 Å². The summed E-state index contributed by atoms with van der Waals surface area (Å²) in [4.78, 5) is 0. The van der Waals surface area contributed by atoms with Crippen molar-refractivity contribution < 1.29 is 14.2 Å². The van der Waals surface area contributed by atoms with Crippen molar-refractivity contribution in [3.8, 4) is 5.75 Å². The van der Waals surface area contributed by atoms with Gasteiger partial charge in [-0.3, -0.25) is 0 Å². The maximum atomic E-state index is 5.72. The summed E-state index contributed by atoms with van der Waals surface area (Å²) in [7, 11) is 1.65. The summed E-state index contributed by atoms with van der Waals surface area (Å²) in [5.41, 5.74) is 7.90. The predicted octanol–water partition coefficient (Wildman–Crippen LogP) is 1.63. The second-order valence-corrected chi connectivity index (χ2v) is 4.19. The van der Waals surface area contributed by atoms with Crippen LogP contribution in [-0.4, -0.2) is 26.4 Å². The van der Waals surface area contributed by atoms with E-state index in [0.717, 1.165) is 17.7 Å². The van der Waals surface area contributed by atoms with E-state index >= 15 is 0 Å². The van der Waals surface area contributed by atoms with Gasteiger partial charge in [0.15, 0.2) is 6.29 Å². The summed E-state index contributed by atoms with van der Waals surface area (Å²) >= 11 is 0. The molecule has 0 saturated carbocycles. The van der Waals surface area contributed by atoms with Crippen molar-refractivity contribution in [3.05, 3.63) is 29.3 Å². The van der Waals surface area contributed by atoms with Crippen molar-refractivity contribution in [3.63, 3.8) is 0 Å². The molecule has 0 amide bonds.